The molecule has 5 unspecified atom stereocenters. The van der Waals surface area contributed by atoms with Crippen molar-refractivity contribution in [3.8, 4) is 0 Å². The molecule has 124 valence electrons. The van der Waals surface area contributed by atoms with Gasteiger partial charge in [0.2, 0.25) is 0 Å². The summed E-state index contributed by atoms with van der Waals surface area (Å²) >= 11 is 0. The molecule has 0 aliphatic carbocycles. The van der Waals surface area contributed by atoms with Gasteiger partial charge in [0.15, 0.2) is 18.5 Å². The number of aliphatic hydroxyl groups excluding tert-OH is 1. The number of ether oxygens (including phenoxy) is 4. The average molecular weight is 320 g/mol. The van der Waals surface area contributed by atoms with Gasteiger partial charge in [-0.3, -0.25) is 0 Å². The number of esters is 1. The molecule has 22 heavy (non-hydrogen) atoms. The topological polar surface area (TPSA) is 149 Å². The van der Waals surface area contributed by atoms with E-state index >= 15 is 0 Å². The third-order valence-electron chi connectivity index (χ3n) is 2.88. The van der Waals surface area contributed by atoms with Gasteiger partial charge < -0.3 is 34.3 Å². The van der Waals surface area contributed by atoms with E-state index in [4.69, 9.17) is 29.2 Å². The molecule has 0 saturated carbocycles. The summed E-state index contributed by atoms with van der Waals surface area (Å²) in [6, 6.07) is 0. The van der Waals surface area contributed by atoms with Crippen LogP contribution in [0.5, 0.6) is 0 Å². The van der Waals surface area contributed by atoms with Crippen molar-refractivity contribution in [3.05, 3.63) is 12.2 Å². The first-order chi connectivity index (χ1) is 10.3. The van der Waals surface area contributed by atoms with Crippen LogP contribution in [0.4, 0.5) is 0 Å². The summed E-state index contributed by atoms with van der Waals surface area (Å²) in [5, 5.41) is 27.6. The van der Waals surface area contributed by atoms with Crippen molar-refractivity contribution >= 4 is 17.9 Å². The Morgan fingerprint density at radius 1 is 1.05 bits per heavy atom. The maximum Gasteiger partial charge on any atom is 0.335 e. The van der Waals surface area contributed by atoms with Gasteiger partial charge >= 0.3 is 17.9 Å². The minimum atomic E-state index is -1.55. The molecule has 1 heterocycles. The van der Waals surface area contributed by atoms with Crippen molar-refractivity contribution in [2.24, 2.45) is 0 Å². The van der Waals surface area contributed by atoms with Crippen molar-refractivity contribution in [2.45, 2.75) is 30.7 Å². The molecule has 0 aromatic heterocycles. The molecule has 1 aliphatic heterocycles. The third-order valence-corrected chi connectivity index (χ3v) is 2.88. The summed E-state index contributed by atoms with van der Waals surface area (Å²) in [6.45, 7) is 0. The second-order valence-corrected chi connectivity index (χ2v) is 4.26. The van der Waals surface area contributed by atoms with Crippen LogP contribution in [0.25, 0.3) is 0 Å². The van der Waals surface area contributed by atoms with Gasteiger partial charge in [-0.2, -0.15) is 0 Å². The van der Waals surface area contributed by atoms with Gasteiger partial charge in [-0.1, -0.05) is 0 Å². The molecule has 1 rings (SSSR count). The lowest BCUT2D eigenvalue weighted by Crippen LogP contribution is -2.61. The van der Waals surface area contributed by atoms with Crippen LogP contribution in [0.1, 0.15) is 0 Å². The zero-order valence-electron chi connectivity index (χ0n) is 11.7. The quantitative estimate of drug-likeness (QED) is 0.384. The van der Waals surface area contributed by atoms with Crippen LogP contribution in [0.15, 0.2) is 12.2 Å². The van der Waals surface area contributed by atoms with Gasteiger partial charge in [0.1, 0.15) is 12.2 Å². The van der Waals surface area contributed by atoms with Crippen molar-refractivity contribution in [1.29, 1.82) is 0 Å². The van der Waals surface area contributed by atoms with Crippen molar-refractivity contribution in [2.75, 3.05) is 14.2 Å². The molecule has 0 aromatic rings. The summed E-state index contributed by atoms with van der Waals surface area (Å²) < 4.78 is 19.7. The minimum absolute atomic E-state index is 0.550. The normalized spacial score (nSPS) is 31.9. The molecule has 0 radical (unpaired) electrons. The van der Waals surface area contributed by atoms with Crippen LogP contribution in [-0.4, -0.2) is 78.2 Å². The van der Waals surface area contributed by atoms with Gasteiger partial charge in [0.25, 0.3) is 0 Å². The second-order valence-electron chi connectivity index (χ2n) is 4.26. The average Bonchev–Trinajstić information content (AvgIpc) is 2.46. The number of hydrogen-bond donors (Lipinski definition) is 3. The SMILES string of the molecule is COC1OC(C(=O)O)C(OC)C(O)C1OC(=O)/C=C\C(=O)O. The first-order valence-electron chi connectivity index (χ1n) is 6.05. The number of carboxylic acid groups (broad SMARTS) is 2. The lowest BCUT2D eigenvalue weighted by Gasteiger charge is -2.40. The Balaban J connectivity index is 2.90. The number of aliphatic carboxylic acids is 2. The van der Waals surface area contributed by atoms with Crippen LogP contribution in [0, 0.1) is 0 Å². The van der Waals surface area contributed by atoms with Crippen molar-refractivity contribution in [1.82, 2.24) is 0 Å². The standard InChI is InChI=1S/C12H16O10/c1-19-8-7(16)9(21-6(15)4-3-5(13)14)12(20-2)22-10(8)11(17)18/h3-4,7-10,12,16H,1-2H3,(H,13,14)(H,17,18)/b4-3-. The van der Waals surface area contributed by atoms with E-state index in [1.165, 1.54) is 0 Å². The van der Waals surface area contributed by atoms with Crippen LogP contribution in [-0.2, 0) is 33.3 Å². The van der Waals surface area contributed by atoms with Gasteiger partial charge in [0, 0.05) is 26.4 Å². The molecule has 1 fully saturated rings. The van der Waals surface area contributed by atoms with E-state index in [2.05, 4.69) is 0 Å². The van der Waals surface area contributed by atoms with Crippen LogP contribution >= 0.6 is 0 Å². The highest BCUT2D eigenvalue weighted by molar-refractivity contribution is 5.90. The maximum atomic E-state index is 11.5. The number of carbonyl (C=O) groups excluding carboxylic acids is 1. The number of hydrogen-bond acceptors (Lipinski definition) is 8. The van der Waals surface area contributed by atoms with E-state index in [0.717, 1.165) is 14.2 Å². The van der Waals surface area contributed by atoms with Gasteiger partial charge in [-0.05, 0) is 0 Å². The zero-order chi connectivity index (χ0) is 16.9. The van der Waals surface area contributed by atoms with E-state index in [0.29, 0.717) is 12.2 Å². The molecule has 10 nitrogen and oxygen atoms in total. The molecule has 1 saturated heterocycles. The Hall–Kier alpha value is -2.01. The van der Waals surface area contributed by atoms with E-state index in [1.54, 1.807) is 0 Å². The Morgan fingerprint density at radius 3 is 2.14 bits per heavy atom. The third kappa shape index (κ3) is 4.24. The molecule has 10 heteroatoms. The maximum absolute atomic E-state index is 11.5. The highest BCUT2D eigenvalue weighted by atomic mass is 16.7. The van der Waals surface area contributed by atoms with E-state index in [1.807, 2.05) is 0 Å². The monoisotopic (exact) mass is 320 g/mol. The van der Waals surface area contributed by atoms with Crippen LogP contribution < -0.4 is 0 Å². The smallest absolute Gasteiger partial charge is 0.335 e. The predicted octanol–water partition coefficient (Wildman–Crippen LogP) is -1.63. The number of rotatable bonds is 6. The minimum Gasteiger partial charge on any atom is -0.479 e. The summed E-state index contributed by atoms with van der Waals surface area (Å²) in [6.07, 6.45) is -5.94. The molecule has 1 aliphatic rings. The number of carboxylic acids is 2. The first kappa shape index (κ1) is 18.0. The molecule has 0 amide bonds. The Labute approximate surface area is 124 Å². The Bertz CT molecular complexity index is 459. The van der Waals surface area contributed by atoms with E-state index in [-0.39, 0.29) is 0 Å². The number of methoxy groups -OCH3 is 2. The molecular weight excluding hydrogens is 304 g/mol. The molecule has 5 atom stereocenters. The molecular formula is C12H16O10. The molecule has 0 spiro atoms. The Kier molecular flexibility index (Phi) is 6.43. The Morgan fingerprint density at radius 2 is 1.68 bits per heavy atom. The van der Waals surface area contributed by atoms with Gasteiger partial charge in [-0.25, -0.2) is 14.4 Å². The summed E-state index contributed by atoms with van der Waals surface area (Å²) in [5.74, 6) is -3.81. The largest absolute Gasteiger partial charge is 0.479 e. The highest BCUT2D eigenvalue weighted by Crippen LogP contribution is 2.26. The fourth-order valence-electron chi connectivity index (χ4n) is 1.92. The predicted molar refractivity (Wildman–Crippen MR) is 66.8 cm³/mol. The lowest BCUT2D eigenvalue weighted by molar-refractivity contribution is -0.293. The second kappa shape index (κ2) is 7.84. The highest BCUT2D eigenvalue weighted by Gasteiger charge is 2.50. The van der Waals surface area contributed by atoms with Gasteiger partial charge in [-0.15, -0.1) is 0 Å². The van der Waals surface area contributed by atoms with E-state index in [9.17, 15) is 19.5 Å². The molecule has 3 N–H and O–H groups in total. The van der Waals surface area contributed by atoms with Crippen molar-refractivity contribution < 1.29 is 48.7 Å². The van der Waals surface area contributed by atoms with Crippen LogP contribution in [0.2, 0.25) is 0 Å². The molecule has 0 bridgehead atoms. The number of aliphatic hydroxyl groups is 1. The zero-order valence-corrected chi connectivity index (χ0v) is 11.7. The summed E-state index contributed by atoms with van der Waals surface area (Å²) in [4.78, 5) is 32.9. The van der Waals surface area contributed by atoms with E-state index < -0.39 is 48.6 Å². The summed E-state index contributed by atoms with van der Waals surface area (Å²) in [7, 11) is 2.32. The fourth-order valence-corrected chi connectivity index (χ4v) is 1.92. The summed E-state index contributed by atoms with van der Waals surface area (Å²) in [5.41, 5.74) is 0. The van der Waals surface area contributed by atoms with Gasteiger partial charge in [0.05, 0.1) is 0 Å². The molecule has 0 aromatic carbocycles. The fraction of sp³-hybridized carbons (Fsp3) is 0.583. The van der Waals surface area contributed by atoms with Crippen LogP contribution in [0.3, 0.4) is 0 Å². The number of carbonyl (C=O) groups is 3. The lowest BCUT2D eigenvalue weighted by atomic mass is 9.98. The first-order valence-corrected chi connectivity index (χ1v) is 6.05. The van der Waals surface area contributed by atoms with Crippen molar-refractivity contribution in [3.63, 3.8) is 0 Å².